The van der Waals surface area contributed by atoms with Crippen LogP contribution in [0.25, 0.3) is 10.9 Å². The quantitative estimate of drug-likeness (QED) is 0.416. The van der Waals surface area contributed by atoms with Crippen LogP contribution < -0.4 is 15.6 Å². The fourth-order valence-electron chi connectivity index (χ4n) is 4.27. The number of hydrogen-bond donors (Lipinski definition) is 2. The molecule has 1 saturated heterocycles. The summed E-state index contributed by atoms with van der Waals surface area (Å²) < 4.78 is 23.4. The zero-order chi connectivity index (χ0) is 25.3. The van der Waals surface area contributed by atoms with Crippen LogP contribution in [0.3, 0.4) is 0 Å². The van der Waals surface area contributed by atoms with Crippen molar-refractivity contribution in [1.82, 2.24) is 15.3 Å². The van der Waals surface area contributed by atoms with Gasteiger partial charge in [0.15, 0.2) is 15.3 Å². The van der Waals surface area contributed by atoms with E-state index < -0.39 is 15.9 Å². The third-order valence-electron chi connectivity index (χ3n) is 6.27. The Morgan fingerprint density at radius 1 is 1.06 bits per heavy atom. The minimum atomic E-state index is -3.00. The van der Waals surface area contributed by atoms with Gasteiger partial charge in [0, 0.05) is 41.5 Å². The molecule has 1 fully saturated rings. The molecular weight excluding hydrogens is 500 g/mol. The molecule has 1 unspecified atom stereocenters. The Morgan fingerprint density at radius 2 is 1.81 bits per heavy atom. The number of carbonyl (C=O) groups is 1. The fraction of sp³-hybridized carbons (Fsp3) is 0.192. The first kappa shape index (κ1) is 24.0. The predicted molar refractivity (Wildman–Crippen MR) is 140 cm³/mol. The van der Waals surface area contributed by atoms with E-state index in [9.17, 15) is 18.0 Å². The molecule has 1 atom stereocenters. The molecule has 5 rings (SSSR count). The van der Waals surface area contributed by atoms with E-state index in [1.165, 1.54) is 6.20 Å². The Hall–Kier alpha value is -3.69. The number of H-pyrrole nitrogens is 1. The Morgan fingerprint density at radius 3 is 2.50 bits per heavy atom. The Balaban J connectivity index is 1.43. The number of aromatic nitrogens is 2. The SMILES string of the molecule is O=C(NC(c1ccccc1)c1c[nH]c2cc(Cl)ccc2c1=O)c1ccc(N2CCS(=O)(=O)CC2)nc1. The van der Waals surface area contributed by atoms with Gasteiger partial charge in [-0.2, -0.15) is 0 Å². The second kappa shape index (κ2) is 9.75. The molecule has 2 N–H and O–H groups in total. The highest BCUT2D eigenvalue weighted by molar-refractivity contribution is 7.91. The van der Waals surface area contributed by atoms with E-state index in [1.807, 2.05) is 35.2 Å². The van der Waals surface area contributed by atoms with Crippen LogP contribution in [0.5, 0.6) is 0 Å². The molecule has 1 amide bonds. The van der Waals surface area contributed by atoms with Crippen molar-refractivity contribution >= 4 is 44.1 Å². The van der Waals surface area contributed by atoms with Gasteiger partial charge in [-0.1, -0.05) is 41.9 Å². The van der Waals surface area contributed by atoms with Crippen LogP contribution in [0.2, 0.25) is 5.02 Å². The zero-order valence-electron chi connectivity index (χ0n) is 19.1. The van der Waals surface area contributed by atoms with Crippen molar-refractivity contribution in [3.8, 4) is 0 Å². The molecule has 8 nitrogen and oxygen atoms in total. The van der Waals surface area contributed by atoms with Crippen LogP contribution in [-0.2, 0) is 9.84 Å². The maximum atomic E-state index is 13.4. The van der Waals surface area contributed by atoms with E-state index in [1.54, 1.807) is 36.5 Å². The highest BCUT2D eigenvalue weighted by Crippen LogP contribution is 2.23. The van der Waals surface area contributed by atoms with Gasteiger partial charge in [0.25, 0.3) is 5.91 Å². The molecule has 0 radical (unpaired) electrons. The number of rotatable bonds is 5. The highest BCUT2D eigenvalue weighted by Gasteiger charge is 2.24. The Labute approximate surface area is 212 Å². The van der Waals surface area contributed by atoms with Crippen molar-refractivity contribution in [2.45, 2.75) is 6.04 Å². The molecule has 2 aromatic carbocycles. The second-order valence-corrected chi connectivity index (χ2v) is 11.4. The van der Waals surface area contributed by atoms with E-state index in [4.69, 9.17) is 11.6 Å². The average molecular weight is 523 g/mol. The second-order valence-electron chi connectivity index (χ2n) is 8.62. The number of aromatic amines is 1. The molecule has 1 aliphatic heterocycles. The number of sulfone groups is 1. The maximum absolute atomic E-state index is 13.4. The summed E-state index contributed by atoms with van der Waals surface area (Å²) in [6.45, 7) is 0.736. The number of hydrogen-bond acceptors (Lipinski definition) is 6. The maximum Gasteiger partial charge on any atom is 0.253 e. The van der Waals surface area contributed by atoms with Gasteiger partial charge in [0.1, 0.15) is 5.82 Å². The van der Waals surface area contributed by atoms with E-state index in [2.05, 4.69) is 15.3 Å². The lowest BCUT2D eigenvalue weighted by atomic mass is 9.98. The van der Waals surface area contributed by atoms with Crippen LogP contribution in [0, 0.1) is 0 Å². The lowest BCUT2D eigenvalue weighted by molar-refractivity contribution is 0.0942. The summed E-state index contributed by atoms with van der Waals surface area (Å²) in [7, 11) is -3.00. The smallest absolute Gasteiger partial charge is 0.253 e. The molecule has 0 saturated carbocycles. The van der Waals surface area contributed by atoms with Crippen LogP contribution in [-0.4, -0.2) is 48.9 Å². The molecular formula is C26H23ClN4O4S. The number of fused-ring (bicyclic) bond motifs is 1. The molecule has 0 aliphatic carbocycles. The van der Waals surface area contributed by atoms with Crippen molar-refractivity contribution in [2.75, 3.05) is 29.5 Å². The Kier molecular flexibility index (Phi) is 6.51. The number of amides is 1. The van der Waals surface area contributed by atoms with Crippen molar-refractivity contribution in [3.63, 3.8) is 0 Å². The van der Waals surface area contributed by atoms with Crippen molar-refractivity contribution in [1.29, 1.82) is 0 Å². The molecule has 1 aliphatic rings. The monoisotopic (exact) mass is 522 g/mol. The van der Waals surface area contributed by atoms with Gasteiger partial charge < -0.3 is 15.2 Å². The zero-order valence-corrected chi connectivity index (χ0v) is 20.7. The van der Waals surface area contributed by atoms with Crippen LogP contribution >= 0.6 is 11.6 Å². The first-order valence-electron chi connectivity index (χ1n) is 11.4. The van der Waals surface area contributed by atoms with Crippen LogP contribution in [0.4, 0.5) is 5.82 Å². The lowest BCUT2D eigenvalue weighted by Gasteiger charge is -2.27. The topological polar surface area (TPSA) is 112 Å². The number of benzene rings is 2. The van der Waals surface area contributed by atoms with Gasteiger partial charge in [-0.05, 0) is 35.9 Å². The van der Waals surface area contributed by atoms with E-state index in [-0.39, 0.29) is 22.8 Å². The Bertz CT molecular complexity index is 1570. The number of pyridine rings is 2. The normalized spacial score (nSPS) is 16.0. The number of nitrogens with zero attached hydrogens (tertiary/aromatic N) is 2. The number of anilines is 1. The summed E-state index contributed by atoms with van der Waals surface area (Å²) in [6.07, 6.45) is 3.06. The summed E-state index contributed by atoms with van der Waals surface area (Å²) in [6, 6.07) is 16.9. The average Bonchev–Trinajstić information content (AvgIpc) is 2.88. The molecule has 4 aromatic rings. The first-order valence-corrected chi connectivity index (χ1v) is 13.6. The molecule has 2 aromatic heterocycles. The van der Waals surface area contributed by atoms with E-state index in [0.29, 0.717) is 46.0 Å². The summed E-state index contributed by atoms with van der Waals surface area (Å²) in [5, 5.41) is 3.96. The number of nitrogens with one attached hydrogen (secondary N) is 2. The summed E-state index contributed by atoms with van der Waals surface area (Å²) in [4.78, 5) is 36.0. The summed E-state index contributed by atoms with van der Waals surface area (Å²) in [5.41, 5.74) is 1.88. The van der Waals surface area contributed by atoms with Gasteiger partial charge in [0.2, 0.25) is 0 Å². The van der Waals surface area contributed by atoms with Gasteiger partial charge in [0.05, 0.1) is 28.6 Å². The van der Waals surface area contributed by atoms with E-state index in [0.717, 1.165) is 5.56 Å². The summed E-state index contributed by atoms with van der Waals surface area (Å²) in [5.74, 6) is 0.398. The van der Waals surface area contributed by atoms with Crippen molar-refractivity contribution < 1.29 is 13.2 Å². The minimum Gasteiger partial charge on any atom is -0.361 e. The number of carbonyl (C=O) groups excluding carboxylic acids is 1. The van der Waals surface area contributed by atoms with E-state index >= 15 is 0 Å². The van der Waals surface area contributed by atoms with Gasteiger partial charge in [-0.15, -0.1) is 0 Å². The summed E-state index contributed by atoms with van der Waals surface area (Å²) >= 11 is 6.06. The molecule has 184 valence electrons. The minimum absolute atomic E-state index is 0.0855. The lowest BCUT2D eigenvalue weighted by Crippen LogP contribution is -2.40. The van der Waals surface area contributed by atoms with Gasteiger partial charge >= 0.3 is 0 Å². The predicted octanol–water partition coefficient (Wildman–Crippen LogP) is 3.33. The molecule has 3 heterocycles. The fourth-order valence-corrected chi connectivity index (χ4v) is 5.65. The number of halogens is 1. The molecule has 36 heavy (non-hydrogen) atoms. The van der Waals surface area contributed by atoms with Crippen LogP contribution in [0.1, 0.15) is 27.5 Å². The first-order chi connectivity index (χ1) is 17.3. The van der Waals surface area contributed by atoms with Gasteiger partial charge in [-0.25, -0.2) is 13.4 Å². The van der Waals surface area contributed by atoms with Crippen molar-refractivity contribution in [3.05, 3.63) is 105 Å². The standard InChI is InChI=1S/C26H23ClN4O4S/c27-19-7-8-20-22(14-19)28-16-21(25(20)32)24(17-4-2-1-3-5-17)30-26(33)18-6-9-23(29-15-18)31-10-12-36(34,35)13-11-31/h1-9,14-16,24H,10-13H2,(H,28,32)(H,30,33). The molecule has 0 bridgehead atoms. The van der Waals surface area contributed by atoms with Gasteiger partial charge in [-0.3, -0.25) is 9.59 Å². The molecule has 0 spiro atoms. The third-order valence-corrected chi connectivity index (χ3v) is 8.11. The highest BCUT2D eigenvalue weighted by atomic mass is 35.5. The third kappa shape index (κ3) is 4.98. The largest absolute Gasteiger partial charge is 0.361 e. The van der Waals surface area contributed by atoms with Crippen LogP contribution in [0.15, 0.2) is 77.9 Å². The van der Waals surface area contributed by atoms with Crippen molar-refractivity contribution in [2.24, 2.45) is 0 Å². The molecule has 10 heteroatoms.